The lowest BCUT2D eigenvalue weighted by Crippen LogP contribution is -2.32. The van der Waals surface area contributed by atoms with Gasteiger partial charge < -0.3 is 14.9 Å². The normalized spacial score (nSPS) is 18.5. The third kappa shape index (κ3) is 4.51. The number of carbonyl (C=O) groups is 2. The van der Waals surface area contributed by atoms with E-state index in [1.807, 2.05) is 19.0 Å². The van der Waals surface area contributed by atoms with Gasteiger partial charge in [0.05, 0.1) is 21.7 Å². The fourth-order valence-electron chi connectivity index (χ4n) is 3.46. The summed E-state index contributed by atoms with van der Waals surface area (Å²) in [6, 6.07) is 9.15. The van der Waals surface area contributed by atoms with Crippen molar-refractivity contribution >= 4 is 40.7 Å². The molecule has 5 nitrogen and oxygen atoms in total. The van der Waals surface area contributed by atoms with Crippen molar-refractivity contribution in [2.45, 2.75) is 12.5 Å². The van der Waals surface area contributed by atoms with Crippen LogP contribution in [0.5, 0.6) is 0 Å². The van der Waals surface area contributed by atoms with Gasteiger partial charge in [0, 0.05) is 12.1 Å². The number of amides is 1. The number of hydrogen-bond donors (Lipinski definition) is 1. The SMILES string of the molecule is CN(C)CCCN1C(=O)C(=O)/C(=C(\O)c2ccc(Cl)c(Cl)c2)C1c1ccc(F)cc1. The van der Waals surface area contributed by atoms with E-state index in [0.29, 0.717) is 30.1 Å². The Morgan fingerprint density at radius 1 is 1.10 bits per heavy atom. The zero-order valence-electron chi connectivity index (χ0n) is 16.5. The Morgan fingerprint density at radius 2 is 1.77 bits per heavy atom. The number of aliphatic hydroxyl groups is 1. The number of rotatable bonds is 6. The largest absolute Gasteiger partial charge is 0.507 e. The molecule has 0 bridgehead atoms. The monoisotopic (exact) mass is 450 g/mol. The molecule has 3 rings (SSSR count). The Hall–Kier alpha value is -2.41. The standard InChI is InChI=1S/C22H21Cl2FN2O3/c1-26(2)10-3-11-27-19(13-4-7-15(25)8-5-13)18(21(29)22(27)30)20(28)14-6-9-16(23)17(24)12-14/h4-9,12,19,28H,3,10-11H2,1-2H3/b20-18-. The molecule has 0 aliphatic carbocycles. The zero-order valence-corrected chi connectivity index (χ0v) is 18.0. The van der Waals surface area contributed by atoms with Gasteiger partial charge in [0.1, 0.15) is 11.6 Å². The number of hydrogen-bond acceptors (Lipinski definition) is 4. The number of nitrogens with zero attached hydrogens (tertiary/aromatic N) is 2. The van der Waals surface area contributed by atoms with E-state index in [1.165, 1.54) is 47.4 Å². The van der Waals surface area contributed by atoms with Crippen LogP contribution in [-0.4, -0.2) is 53.8 Å². The van der Waals surface area contributed by atoms with E-state index in [-0.39, 0.29) is 21.9 Å². The van der Waals surface area contributed by atoms with Gasteiger partial charge in [-0.1, -0.05) is 35.3 Å². The molecular weight excluding hydrogens is 430 g/mol. The molecule has 1 atom stereocenters. The van der Waals surface area contributed by atoms with Crippen molar-refractivity contribution in [3.05, 3.63) is 75.0 Å². The summed E-state index contributed by atoms with van der Waals surface area (Å²) in [6.07, 6.45) is 0.629. The van der Waals surface area contributed by atoms with Gasteiger partial charge in [-0.05, 0) is 63.0 Å². The van der Waals surface area contributed by atoms with Crippen molar-refractivity contribution in [1.29, 1.82) is 0 Å². The van der Waals surface area contributed by atoms with Crippen LogP contribution in [0.2, 0.25) is 10.0 Å². The van der Waals surface area contributed by atoms with Gasteiger partial charge >= 0.3 is 0 Å². The number of Topliss-reactive ketones (excluding diaryl/α,β-unsaturated/α-hetero) is 1. The minimum atomic E-state index is -0.831. The van der Waals surface area contributed by atoms with Crippen LogP contribution in [-0.2, 0) is 9.59 Å². The minimum absolute atomic E-state index is 0.0603. The van der Waals surface area contributed by atoms with Gasteiger partial charge in [-0.25, -0.2) is 4.39 Å². The first-order valence-corrected chi connectivity index (χ1v) is 10.1. The highest BCUT2D eigenvalue weighted by Gasteiger charge is 2.45. The number of halogens is 3. The molecule has 0 spiro atoms. The van der Waals surface area contributed by atoms with Crippen LogP contribution in [0, 0.1) is 5.82 Å². The predicted molar refractivity (Wildman–Crippen MR) is 115 cm³/mol. The van der Waals surface area contributed by atoms with Crippen molar-refractivity contribution in [1.82, 2.24) is 9.80 Å². The highest BCUT2D eigenvalue weighted by molar-refractivity contribution is 6.46. The third-order valence-corrected chi connectivity index (χ3v) is 5.66. The molecule has 1 amide bonds. The van der Waals surface area contributed by atoms with E-state index < -0.39 is 23.5 Å². The van der Waals surface area contributed by atoms with E-state index >= 15 is 0 Å². The number of ketones is 1. The van der Waals surface area contributed by atoms with E-state index in [1.54, 1.807) is 0 Å². The minimum Gasteiger partial charge on any atom is -0.507 e. The Bertz CT molecular complexity index is 1010. The molecule has 1 saturated heterocycles. The second-order valence-corrected chi connectivity index (χ2v) is 8.14. The molecule has 0 saturated carbocycles. The van der Waals surface area contributed by atoms with Crippen LogP contribution >= 0.6 is 23.2 Å². The summed E-state index contributed by atoms with van der Waals surface area (Å²) >= 11 is 12.0. The van der Waals surface area contributed by atoms with Crippen LogP contribution in [0.1, 0.15) is 23.6 Å². The van der Waals surface area contributed by atoms with Crippen LogP contribution in [0.15, 0.2) is 48.0 Å². The lowest BCUT2D eigenvalue weighted by Gasteiger charge is -2.26. The lowest BCUT2D eigenvalue weighted by atomic mass is 9.95. The molecule has 1 aliphatic rings. The second kappa shape index (κ2) is 9.16. The average molecular weight is 451 g/mol. The summed E-state index contributed by atoms with van der Waals surface area (Å²) in [5.41, 5.74) is 0.736. The molecule has 30 heavy (non-hydrogen) atoms. The Balaban J connectivity index is 2.10. The summed E-state index contributed by atoms with van der Waals surface area (Å²) < 4.78 is 13.5. The Morgan fingerprint density at radius 3 is 2.37 bits per heavy atom. The highest BCUT2D eigenvalue weighted by Crippen LogP contribution is 2.40. The van der Waals surface area contributed by atoms with Gasteiger partial charge in [0.15, 0.2) is 0 Å². The van der Waals surface area contributed by atoms with E-state index in [9.17, 15) is 19.1 Å². The van der Waals surface area contributed by atoms with Gasteiger partial charge in [0.25, 0.3) is 11.7 Å². The summed E-state index contributed by atoms with van der Waals surface area (Å²) in [7, 11) is 3.83. The fourth-order valence-corrected chi connectivity index (χ4v) is 3.76. The first kappa shape index (κ1) is 22.3. The van der Waals surface area contributed by atoms with Gasteiger partial charge in [-0.2, -0.15) is 0 Å². The van der Waals surface area contributed by atoms with Crippen LogP contribution in [0.3, 0.4) is 0 Å². The topological polar surface area (TPSA) is 60.9 Å². The molecule has 1 aliphatic heterocycles. The molecular formula is C22H21Cl2FN2O3. The van der Waals surface area contributed by atoms with Gasteiger partial charge in [-0.3, -0.25) is 9.59 Å². The fraction of sp³-hybridized carbons (Fsp3) is 0.273. The summed E-state index contributed by atoms with van der Waals surface area (Å²) in [5.74, 6) is -2.29. The maximum absolute atomic E-state index is 13.5. The van der Waals surface area contributed by atoms with Crippen LogP contribution in [0.25, 0.3) is 5.76 Å². The molecule has 1 N–H and O–H groups in total. The molecule has 8 heteroatoms. The van der Waals surface area contributed by atoms with Crippen molar-refractivity contribution in [2.75, 3.05) is 27.2 Å². The van der Waals surface area contributed by atoms with Crippen molar-refractivity contribution in [3.8, 4) is 0 Å². The molecule has 1 fully saturated rings. The first-order chi connectivity index (χ1) is 14.2. The lowest BCUT2D eigenvalue weighted by molar-refractivity contribution is -0.139. The molecule has 2 aromatic rings. The first-order valence-electron chi connectivity index (χ1n) is 9.34. The smallest absolute Gasteiger partial charge is 0.295 e. The van der Waals surface area contributed by atoms with Crippen LogP contribution in [0.4, 0.5) is 4.39 Å². The number of benzene rings is 2. The van der Waals surface area contributed by atoms with Gasteiger partial charge in [-0.15, -0.1) is 0 Å². The molecule has 0 radical (unpaired) electrons. The van der Waals surface area contributed by atoms with Crippen LogP contribution < -0.4 is 0 Å². The zero-order chi connectivity index (χ0) is 22.0. The summed E-state index contributed by atoms with van der Waals surface area (Å²) in [5, 5.41) is 11.4. The molecule has 158 valence electrons. The van der Waals surface area contributed by atoms with Crippen molar-refractivity contribution in [3.63, 3.8) is 0 Å². The number of carbonyl (C=O) groups excluding carboxylic acids is 2. The average Bonchev–Trinajstić information content (AvgIpc) is 2.95. The molecule has 1 heterocycles. The Labute approximate surface area is 184 Å². The molecule has 2 aromatic carbocycles. The maximum Gasteiger partial charge on any atom is 0.295 e. The van der Waals surface area contributed by atoms with E-state index in [0.717, 1.165) is 0 Å². The quantitative estimate of drug-likeness (QED) is 0.399. The van der Waals surface area contributed by atoms with Crippen molar-refractivity contribution < 1.29 is 19.1 Å². The number of likely N-dealkylation sites (tertiary alicyclic amines) is 1. The van der Waals surface area contributed by atoms with Gasteiger partial charge in [0.2, 0.25) is 0 Å². The number of aliphatic hydroxyl groups excluding tert-OH is 1. The van der Waals surface area contributed by atoms with Crippen molar-refractivity contribution in [2.24, 2.45) is 0 Å². The summed E-state index contributed by atoms with van der Waals surface area (Å²) in [4.78, 5) is 29.1. The van der Waals surface area contributed by atoms with E-state index in [2.05, 4.69) is 0 Å². The summed E-state index contributed by atoms with van der Waals surface area (Å²) in [6.45, 7) is 1.02. The molecule has 0 aromatic heterocycles. The maximum atomic E-state index is 13.5. The Kier molecular flexibility index (Phi) is 6.81. The highest BCUT2D eigenvalue weighted by atomic mass is 35.5. The second-order valence-electron chi connectivity index (χ2n) is 7.33. The third-order valence-electron chi connectivity index (χ3n) is 4.92. The molecule has 1 unspecified atom stereocenters. The van der Waals surface area contributed by atoms with E-state index in [4.69, 9.17) is 23.2 Å². The predicted octanol–water partition coefficient (Wildman–Crippen LogP) is 4.51.